The summed E-state index contributed by atoms with van der Waals surface area (Å²) in [5, 5.41) is 4.59. The largest absolute Gasteiger partial charge is 0.452 e. The number of nitrogens with one attached hydrogen (secondary N) is 3. The third kappa shape index (κ3) is 3.81. The van der Waals surface area contributed by atoms with Crippen LogP contribution in [-0.4, -0.2) is 28.5 Å². The van der Waals surface area contributed by atoms with Gasteiger partial charge in [-0.2, -0.15) is 0 Å². The average Bonchev–Trinajstić information content (AvgIpc) is 2.59. The Hall–Kier alpha value is -3.68. The van der Waals surface area contributed by atoms with Gasteiger partial charge in [0.15, 0.2) is 6.61 Å². The monoisotopic (exact) mass is 339 g/mol. The number of anilines is 1. The number of hydrogen-bond donors (Lipinski definition) is 3. The van der Waals surface area contributed by atoms with Gasteiger partial charge < -0.3 is 15.0 Å². The number of carbonyl (C=O) groups excluding carboxylic acids is 2. The first-order valence-corrected chi connectivity index (χ1v) is 7.31. The minimum Gasteiger partial charge on any atom is -0.452 e. The molecule has 126 valence electrons. The maximum atomic E-state index is 11.9. The lowest BCUT2D eigenvalue weighted by Crippen LogP contribution is -2.29. The molecule has 2 aromatic carbocycles. The van der Waals surface area contributed by atoms with Crippen LogP contribution in [-0.2, 0) is 9.53 Å². The Labute approximate surface area is 140 Å². The number of ether oxygens (including phenoxy) is 1. The molecule has 3 aromatic rings. The highest BCUT2D eigenvalue weighted by atomic mass is 16.5. The van der Waals surface area contributed by atoms with Crippen molar-refractivity contribution in [2.24, 2.45) is 0 Å². The zero-order chi connectivity index (χ0) is 17.8. The van der Waals surface area contributed by atoms with Gasteiger partial charge in [0.25, 0.3) is 11.5 Å². The molecule has 0 spiro atoms. The lowest BCUT2D eigenvalue weighted by Gasteiger charge is -2.07. The average molecular weight is 339 g/mol. The quantitative estimate of drug-likeness (QED) is 0.613. The Kier molecular flexibility index (Phi) is 4.42. The minimum absolute atomic E-state index is 0.391. The molecule has 25 heavy (non-hydrogen) atoms. The Bertz CT molecular complexity index is 1070. The van der Waals surface area contributed by atoms with E-state index in [0.717, 1.165) is 17.0 Å². The predicted octanol–water partition coefficient (Wildman–Crippen LogP) is 1.01. The molecule has 0 radical (unpaired) electrons. The number of amides is 1. The molecule has 0 bridgehead atoms. The van der Waals surface area contributed by atoms with Gasteiger partial charge in [0.2, 0.25) is 0 Å². The normalized spacial score (nSPS) is 10.4. The summed E-state index contributed by atoms with van der Waals surface area (Å²) in [7, 11) is 0. The first kappa shape index (κ1) is 16.2. The fourth-order valence-corrected chi connectivity index (χ4v) is 2.23. The lowest BCUT2D eigenvalue weighted by atomic mass is 10.1. The highest BCUT2D eigenvalue weighted by Gasteiger charge is 2.14. The molecule has 8 nitrogen and oxygen atoms in total. The third-order valence-corrected chi connectivity index (χ3v) is 3.41. The number of aromatic amines is 2. The number of carbonyl (C=O) groups is 2. The van der Waals surface area contributed by atoms with Crippen molar-refractivity contribution in [3.63, 3.8) is 0 Å². The van der Waals surface area contributed by atoms with E-state index in [1.54, 1.807) is 12.1 Å². The van der Waals surface area contributed by atoms with Crippen molar-refractivity contribution in [2.75, 3.05) is 11.9 Å². The van der Waals surface area contributed by atoms with Crippen LogP contribution >= 0.6 is 0 Å². The summed E-state index contributed by atoms with van der Waals surface area (Å²) in [6.45, 7) is -0.565. The van der Waals surface area contributed by atoms with E-state index in [-0.39, 0.29) is 0 Å². The smallest absolute Gasteiger partial charge is 0.345 e. The molecule has 0 unspecified atom stereocenters. The zero-order valence-corrected chi connectivity index (χ0v) is 12.9. The van der Waals surface area contributed by atoms with Crippen LogP contribution in [0.2, 0.25) is 0 Å². The second kappa shape index (κ2) is 6.83. The Morgan fingerprint density at radius 2 is 1.80 bits per heavy atom. The van der Waals surface area contributed by atoms with E-state index < -0.39 is 35.3 Å². The number of aromatic nitrogens is 2. The SMILES string of the molecule is O=C(COC(=O)c1c[nH]c(=O)[nH]c1=O)Nc1ccc2ccccc2c1. The van der Waals surface area contributed by atoms with Gasteiger partial charge in [-0.3, -0.25) is 14.6 Å². The van der Waals surface area contributed by atoms with Crippen molar-refractivity contribution in [3.05, 3.63) is 75.1 Å². The minimum atomic E-state index is -1.01. The van der Waals surface area contributed by atoms with Crippen LogP contribution in [0.5, 0.6) is 0 Å². The van der Waals surface area contributed by atoms with E-state index in [9.17, 15) is 19.2 Å². The highest BCUT2D eigenvalue weighted by molar-refractivity contribution is 5.97. The van der Waals surface area contributed by atoms with E-state index >= 15 is 0 Å². The summed E-state index contributed by atoms with van der Waals surface area (Å²) in [5.41, 5.74) is -1.46. The van der Waals surface area contributed by atoms with Crippen LogP contribution in [0, 0.1) is 0 Å². The summed E-state index contributed by atoms with van der Waals surface area (Å²) in [5.74, 6) is -1.56. The van der Waals surface area contributed by atoms with Gasteiger partial charge in [-0.15, -0.1) is 0 Å². The van der Waals surface area contributed by atoms with E-state index in [2.05, 4.69) is 10.3 Å². The van der Waals surface area contributed by atoms with E-state index in [1.807, 2.05) is 35.3 Å². The van der Waals surface area contributed by atoms with Crippen LogP contribution in [0.25, 0.3) is 10.8 Å². The fourth-order valence-electron chi connectivity index (χ4n) is 2.23. The van der Waals surface area contributed by atoms with Gasteiger partial charge in [-0.05, 0) is 22.9 Å². The van der Waals surface area contributed by atoms with Crippen LogP contribution in [0.15, 0.2) is 58.3 Å². The standard InChI is InChI=1S/C17H13N3O5/c21-14(9-25-16(23)13-8-18-17(24)20-15(13)22)19-12-6-5-10-3-1-2-4-11(10)7-12/h1-8H,9H2,(H,19,21)(H2,18,20,22,24). The molecule has 0 aliphatic heterocycles. The zero-order valence-electron chi connectivity index (χ0n) is 12.9. The van der Waals surface area contributed by atoms with Crippen molar-refractivity contribution in [2.45, 2.75) is 0 Å². The number of hydrogen-bond acceptors (Lipinski definition) is 5. The summed E-state index contributed by atoms with van der Waals surface area (Å²) in [6.07, 6.45) is 0.935. The van der Waals surface area contributed by atoms with Crippen LogP contribution in [0.4, 0.5) is 5.69 Å². The molecule has 0 atom stereocenters. The summed E-state index contributed by atoms with van der Waals surface area (Å²) in [6, 6.07) is 13.0. The number of benzene rings is 2. The van der Waals surface area contributed by atoms with E-state index in [4.69, 9.17) is 4.74 Å². The fraction of sp³-hybridized carbons (Fsp3) is 0.0588. The second-order valence-electron chi connectivity index (χ2n) is 5.17. The number of H-pyrrole nitrogens is 2. The summed E-state index contributed by atoms with van der Waals surface area (Å²) < 4.78 is 4.78. The van der Waals surface area contributed by atoms with Crippen LogP contribution < -0.4 is 16.6 Å². The molecule has 3 N–H and O–H groups in total. The topological polar surface area (TPSA) is 121 Å². The number of fused-ring (bicyclic) bond motifs is 1. The molecule has 1 aromatic heterocycles. The highest BCUT2D eigenvalue weighted by Crippen LogP contribution is 2.18. The molecule has 1 amide bonds. The van der Waals surface area contributed by atoms with Crippen LogP contribution in [0.3, 0.4) is 0 Å². The molecule has 0 fully saturated rings. The number of esters is 1. The molecular formula is C17H13N3O5. The van der Waals surface area contributed by atoms with Crippen molar-refractivity contribution >= 4 is 28.3 Å². The molecular weight excluding hydrogens is 326 g/mol. The van der Waals surface area contributed by atoms with E-state index in [0.29, 0.717) is 5.69 Å². The Morgan fingerprint density at radius 3 is 2.56 bits per heavy atom. The summed E-state index contributed by atoms with van der Waals surface area (Å²) >= 11 is 0. The van der Waals surface area contributed by atoms with Gasteiger partial charge in [-0.1, -0.05) is 30.3 Å². The maximum absolute atomic E-state index is 11.9. The second-order valence-corrected chi connectivity index (χ2v) is 5.17. The van der Waals surface area contributed by atoms with Crippen molar-refractivity contribution in [1.82, 2.24) is 9.97 Å². The lowest BCUT2D eigenvalue weighted by molar-refractivity contribution is -0.119. The molecule has 0 aliphatic rings. The molecule has 0 saturated carbocycles. The molecule has 0 aliphatic carbocycles. The van der Waals surface area contributed by atoms with Crippen molar-refractivity contribution < 1.29 is 14.3 Å². The van der Waals surface area contributed by atoms with Crippen molar-refractivity contribution in [3.8, 4) is 0 Å². The first-order valence-electron chi connectivity index (χ1n) is 7.31. The third-order valence-electron chi connectivity index (χ3n) is 3.41. The van der Waals surface area contributed by atoms with Gasteiger partial charge in [0, 0.05) is 11.9 Å². The molecule has 3 rings (SSSR count). The Morgan fingerprint density at radius 1 is 1.04 bits per heavy atom. The van der Waals surface area contributed by atoms with Gasteiger partial charge in [0.05, 0.1) is 0 Å². The Balaban J connectivity index is 1.62. The maximum Gasteiger partial charge on any atom is 0.345 e. The number of rotatable bonds is 4. The van der Waals surface area contributed by atoms with E-state index in [1.165, 1.54) is 0 Å². The van der Waals surface area contributed by atoms with Gasteiger partial charge in [0.1, 0.15) is 5.56 Å². The van der Waals surface area contributed by atoms with Crippen LogP contribution in [0.1, 0.15) is 10.4 Å². The summed E-state index contributed by atoms with van der Waals surface area (Å²) in [4.78, 5) is 50.1. The van der Waals surface area contributed by atoms with Gasteiger partial charge in [-0.25, -0.2) is 9.59 Å². The van der Waals surface area contributed by atoms with Crippen molar-refractivity contribution in [1.29, 1.82) is 0 Å². The predicted molar refractivity (Wildman–Crippen MR) is 90.5 cm³/mol. The van der Waals surface area contributed by atoms with Gasteiger partial charge >= 0.3 is 11.7 Å². The molecule has 8 heteroatoms. The first-order chi connectivity index (χ1) is 12.0. The molecule has 0 saturated heterocycles. The molecule has 1 heterocycles.